The van der Waals surface area contributed by atoms with Crippen molar-refractivity contribution in [3.05, 3.63) is 23.8 Å². The van der Waals surface area contributed by atoms with Crippen LogP contribution in [0.3, 0.4) is 0 Å². The number of nitrogens with one attached hydrogen (secondary N) is 2. The predicted molar refractivity (Wildman–Crippen MR) is 111 cm³/mol. The quantitative estimate of drug-likeness (QED) is 0.172. The first-order valence-electron chi connectivity index (χ1n) is 10.2. The molecule has 0 spiro atoms. The van der Waals surface area contributed by atoms with Crippen LogP contribution in [0.15, 0.2) is 18.2 Å². The molecular weight excluding hydrogens is 342 g/mol. The first kappa shape index (κ1) is 23.4. The van der Waals surface area contributed by atoms with Gasteiger partial charge in [0.25, 0.3) is 0 Å². The smallest absolute Gasteiger partial charge is 0.211 e. The fourth-order valence-corrected chi connectivity index (χ4v) is 3.13. The second kappa shape index (κ2) is 14.4. The number of hydrogen-bond acceptors (Lipinski definition) is 5. The van der Waals surface area contributed by atoms with E-state index in [2.05, 4.69) is 17.6 Å². The third-order valence-corrected chi connectivity index (χ3v) is 4.87. The van der Waals surface area contributed by atoms with Crippen LogP contribution in [-0.2, 0) is 4.79 Å². The first-order valence-corrected chi connectivity index (χ1v) is 10.2. The highest BCUT2D eigenvalue weighted by Crippen LogP contribution is 2.26. The van der Waals surface area contributed by atoms with Gasteiger partial charge in [0.05, 0.1) is 11.8 Å². The van der Waals surface area contributed by atoms with Crippen LogP contribution in [-0.4, -0.2) is 35.8 Å². The third-order valence-electron chi connectivity index (χ3n) is 4.87. The van der Waals surface area contributed by atoms with Crippen LogP contribution in [0, 0.1) is 0 Å². The van der Waals surface area contributed by atoms with Crippen molar-refractivity contribution in [1.82, 2.24) is 5.32 Å². The summed E-state index contributed by atoms with van der Waals surface area (Å²) >= 11 is 0. The van der Waals surface area contributed by atoms with Gasteiger partial charge in [-0.3, -0.25) is 4.79 Å². The lowest BCUT2D eigenvalue weighted by molar-refractivity contribution is -0.105. The summed E-state index contributed by atoms with van der Waals surface area (Å²) < 4.78 is 0. The normalized spacial score (nSPS) is 13.3. The lowest BCUT2D eigenvalue weighted by Gasteiger charge is -2.18. The highest BCUT2D eigenvalue weighted by Gasteiger charge is 2.12. The molecule has 0 aliphatic carbocycles. The maximum Gasteiger partial charge on any atom is 0.211 e. The minimum atomic E-state index is -0.686. The molecule has 0 saturated carbocycles. The topological polar surface area (TPSA) is 108 Å². The Balaban J connectivity index is 2.16. The van der Waals surface area contributed by atoms with Crippen LogP contribution < -0.4 is 16.4 Å². The third kappa shape index (κ3) is 10.3. The Bertz CT molecular complexity index is 525. The summed E-state index contributed by atoms with van der Waals surface area (Å²) in [6, 6.07) is 5.07. The van der Waals surface area contributed by atoms with Gasteiger partial charge in [-0.25, -0.2) is 0 Å². The molecule has 1 aromatic carbocycles. The van der Waals surface area contributed by atoms with Gasteiger partial charge in [0.1, 0.15) is 5.75 Å². The Morgan fingerprint density at radius 2 is 1.70 bits per heavy atom. The van der Waals surface area contributed by atoms with Crippen LogP contribution in [0.5, 0.6) is 5.75 Å². The van der Waals surface area contributed by atoms with E-state index in [4.69, 9.17) is 5.73 Å². The molecule has 0 heterocycles. The van der Waals surface area contributed by atoms with Crippen LogP contribution in [0.4, 0.5) is 5.69 Å². The van der Waals surface area contributed by atoms with Gasteiger partial charge >= 0.3 is 0 Å². The van der Waals surface area contributed by atoms with Crippen LogP contribution >= 0.6 is 0 Å². The average molecular weight is 380 g/mol. The molecule has 0 aromatic heterocycles. The lowest BCUT2D eigenvalue weighted by atomic mass is 10.0. The van der Waals surface area contributed by atoms with Crippen LogP contribution in [0.2, 0.25) is 0 Å². The van der Waals surface area contributed by atoms with Crippen molar-refractivity contribution in [3.8, 4) is 5.75 Å². The van der Waals surface area contributed by atoms with Gasteiger partial charge in [-0.2, -0.15) is 0 Å². The Morgan fingerprint density at radius 1 is 1.07 bits per heavy atom. The molecule has 0 bridgehead atoms. The number of amides is 1. The van der Waals surface area contributed by atoms with Gasteiger partial charge in [-0.05, 0) is 44.0 Å². The van der Waals surface area contributed by atoms with E-state index in [-0.39, 0.29) is 5.75 Å². The number of carbonyl (C=O) groups excluding carboxylic acids is 1. The minimum Gasteiger partial charge on any atom is -0.506 e. The van der Waals surface area contributed by atoms with Crippen molar-refractivity contribution < 1.29 is 15.0 Å². The highest BCUT2D eigenvalue weighted by molar-refractivity contribution is 5.75. The lowest BCUT2D eigenvalue weighted by Crippen LogP contribution is -2.30. The largest absolute Gasteiger partial charge is 0.506 e. The maximum absolute atomic E-state index is 10.5. The van der Waals surface area contributed by atoms with Gasteiger partial charge in [-0.1, -0.05) is 51.0 Å². The van der Waals surface area contributed by atoms with E-state index in [1.807, 2.05) is 0 Å². The van der Waals surface area contributed by atoms with Gasteiger partial charge in [0.2, 0.25) is 6.41 Å². The van der Waals surface area contributed by atoms with E-state index < -0.39 is 6.10 Å². The van der Waals surface area contributed by atoms with Crippen molar-refractivity contribution in [2.24, 2.45) is 5.73 Å². The molecule has 0 aliphatic heterocycles. The van der Waals surface area contributed by atoms with E-state index in [1.54, 1.807) is 12.1 Å². The summed E-state index contributed by atoms with van der Waals surface area (Å²) in [4.78, 5) is 10.5. The molecule has 0 aliphatic rings. The Morgan fingerprint density at radius 3 is 2.33 bits per heavy atom. The molecule has 1 aromatic rings. The number of rotatable bonds is 16. The molecule has 154 valence electrons. The van der Waals surface area contributed by atoms with Crippen molar-refractivity contribution >= 4 is 12.1 Å². The van der Waals surface area contributed by atoms with E-state index in [0.717, 1.165) is 19.4 Å². The SMILES string of the molecule is CC(CCCCCCCCCCN)NC[C@H](O)c1ccc(O)c(NC=O)c1. The van der Waals surface area contributed by atoms with E-state index >= 15 is 0 Å². The van der Waals surface area contributed by atoms with Crippen molar-refractivity contribution in [2.75, 3.05) is 18.4 Å². The Kier molecular flexibility index (Phi) is 12.5. The van der Waals surface area contributed by atoms with Gasteiger partial charge < -0.3 is 26.6 Å². The number of carbonyl (C=O) groups is 1. The first-order chi connectivity index (χ1) is 13.1. The van der Waals surface area contributed by atoms with E-state index in [0.29, 0.717) is 30.2 Å². The predicted octanol–water partition coefficient (Wildman–Crippen LogP) is 3.44. The summed E-state index contributed by atoms with van der Waals surface area (Å²) in [6.07, 6.45) is 11.0. The van der Waals surface area contributed by atoms with Crippen molar-refractivity contribution in [3.63, 3.8) is 0 Å². The number of phenolic OH excluding ortho intramolecular Hbond substituents is 1. The molecule has 2 atom stereocenters. The summed E-state index contributed by atoms with van der Waals surface area (Å²) in [6.45, 7) is 3.38. The number of aliphatic hydroxyl groups is 1. The number of phenols is 1. The molecule has 1 amide bonds. The van der Waals surface area contributed by atoms with Crippen LogP contribution in [0.1, 0.15) is 76.4 Å². The summed E-state index contributed by atoms with van der Waals surface area (Å²) in [5.74, 6) is -0.0150. The van der Waals surface area contributed by atoms with Gasteiger partial charge in [0, 0.05) is 12.6 Å². The number of aliphatic hydroxyl groups excluding tert-OH is 1. The zero-order valence-electron chi connectivity index (χ0n) is 16.6. The molecule has 6 nitrogen and oxygen atoms in total. The number of benzene rings is 1. The monoisotopic (exact) mass is 379 g/mol. The Labute approximate surface area is 163 Å². The molecule has 0 saturated heterocycles. The molecule has 27 heavy (non-hydrogen) atoms. The van der Waals surface area contributed by atoms with Crippen molar-refractivity contribution in [2.45, 2.75) is 76.9 Å². The number of nitrogens with two attached hydrogens (primary N) is 1. The van der Waals surface area contributed by atoms with Crippen LogP contribution in [0.25, 0.3) is 0 Å². The zero-order chi connectivity index (χ0) is 19.9. The molecule has 1 rings (SSSR count). The van der Waals surface area contributed by atoms with Gasteiger partial charge in [0.15, 0.2) is 0 Å². The molecular formula is C21H37N3O3. The standard InChI is InChI=1S/C21H37N3O3/c1-17(10-8-6-4-2-3-5-7-9-13-22)23-15-21(27)18-11-12-20(26)19(14-18)24-16-25/h11-12,14,16-17,21,23,26-27H,2-10,13,15,22H2,1H3,(H,24,25)/t17?,21-/m0/s1. The van der Waals surface area contributed by atoms with Gasteiger partial charge in [-0.15, -0.1) is 0 Å². The number of anilines is 1. The second-order valence-electron chi connectivity index (χ2n) is 7.27. The van der Waals surface area contributed by atoms with E-state index in [9.17, 15) is 15.0 Å². The number of unbranched alkanes of at least 4 members (excludes halogenated alkanes) is 7. The zero-order valence-corrected chi connectivity index (χ0v) is 16.6. The second-order valence-corrected chi connectivity index (χ2v) is 7.27. The maximum atomic E-state index is 10.5. The molecule has 6 N–H and O–H groups in total. The Hall–Kier alpha value is -1.63. The fraction of sp³-hybridized carbons (Fsp3) is 0.667. The number of hydrogen-bond donors (Lipinski definition) is 5. The molecule has 1 unspecified atom stereocenters. The molecule has 0 fully saturated rings. The molecule has 0 radical (unpaired) electrons. The minimum absolute atomic E-state index is 0.0150. The average Bonchev–Trinajstić information content (AvgIpc) is 2.66. The summed E-state index contributed by atoms with van der Waals surface area (Å²) in [5, 5.41) is 25.8. The summed E-state index contributed by atoms with van der Waals surface area (Å²) in [7, 11) is 0. The number of aromatic hydroxyl groups is 1. The highest BCUT2D eigenvalue weighted by atomic mass is 16.3. The fourth-order valence-electron chi connectivity index (χ4n) is 3.13. The molecule has 6 heteroatoms. The van der Waals surface area contributed by atoms with E-state index in [1.165, 1.54) is 51.0 Å². The summed E-state index contributed by atoms with van der Waals surface area (Å²) in [5.41, 5.74) is 6.45. The van der Waals surface area contributed by atoms with Crippen molar-refractivity contribution in [1.29, 1.82) is 0 Å².